The van der Waals surface area contributed by atoms with Gasteiger partial charge in [-0.3, -0.25) is 0 Å². The quantitative estimate of drug-likeness (QED) is 0.826. The van der Waals surface area contributed by atoms with Gasteiger partial charge in [0.25, 0.3) is 0 Å². The average molecular weight is 303 g/mol. The van der Waals surface area contributed by atoms with Crippen LogP contribution in [-0.2, 0) is 6.61 Å². The fraction of sp³-hybridized carbons (Fsp3) is 0.0769. The van der Waals surface area contributed by atoms with Gasteiger partial charge >= 0.3 is 0 Å². The molecule has 0 atom stereocenters. The first-order valence-corrected chi connectivity index (χ1v) is 6.31. The lowest BCUT2D eigenvalue weighted by Gasteiger charge is -2.10. The number of rotatable bonds is 3. The summed E-state index contributed by atoms with van der Waals surface area (Å²) in [5.41, 5.74) is 7.14. The highest BCUT2D eigenvalue weighted by Gasteiger charge is 2.05. The Bertz CT molecular complexity index is 572. The second-order valence-electron chi connectivity index (χ2n) is 3.71. The van der Waals surface area contributed by atoms with Crippen molar-refractivity contribution >= 4 is 40.5 Å². The Morgan fingerprint density at radius 1 is 0.944 bits per heavy atom. The average Bonchev–Trinajstić information content (AvgIpc) is 2.32. The van der Waals surface area contributed by atoms with Crippen LogP contribution in [0.4, 0.5) is 5.69 Å². The van der Waals surface area contributed by atoms with Crippen molar-refractivity contribution in [1.82, 2.24) is 0 Å². The van der Waals surface area contributed by atoms with E-state index < -0.39 is 0 Å². The molecule has 2 rings (SSSR count). The third-order valence-corrected chi connectivity index (χ3v) is 3.20. The van der Waals surface area contributed by atoms with Crippen LogP contribution < -0.4 is 10.5 Å². The van der Waals surface area contributed by atoms with Gasteiger partial charge in [0, 0.05) is 26.7 Å². The first-order valence-electron chi connectivity index (χ1n) is 5.18. The maximum absolute atomic E-state index is 6.05. The number of ether oxygens (including phenoxy) is 1. The minimum atomic E-state index is 0.306. The van der Waals surface area contributed by atoms with E-state index in [4.69, 9.17) is 45.3 Å². The molecule has 0 heterocycles. The lowest BCUT2D eigenvalue weighted by molar-refractivity contribution is 0.308. The summed E-state index contributed by atoms with van der Waals surface area (Å²) in [6, 6.07) is 10.3. The number of anilines is 1. The first kappa shape index (κ1) is 13.3. The van der Waals surface area contributed by atoms with E-state index in [0.29, 0.717) is 33.1 Å². The van der Waals surface area contributed by atoms with Crippen molar-refractivity contribution in [2.75, 3.05) is 5.73 Å². The summed E-state index contributed by atoms with van der Waals surface area (Å²) in [6.07, 6.45) is 0. The number of nitrogen functional groups attached to an aromatic ring is 1. The van der Waals surface area contributed by atoms with Gasteiger partial charge in [-0.1, -0.05) is 40.9 Å². The monoisotopic (exact) mass is 301 g/mol. The molecular weight excluding hydrogens is 293 g/mol. The summed E-state index contributed by atoms with van der Waals surface area (Å²) >= 11 is 17.7. The summed E-state index contributed by atoms with van der Waals surface area (Å²) in [5, 5.41) is 1.72. The Kier molecular flexibility index (Phi) is 4.23. The normalized spacial score (nSPS) is 10.4. The molecule has 2 nitrogen and oxygen atoms in total. The molecule has 0 aliphatic heterocycles. The van der Waals surface area contributed by atoms with Crippen molar-refractivity contribution in [3.05, 3.63) is 57.0 Å². The predicted octanol–water partition coefficient (Wildman–Crippen LogP) is 4.81. The van der Waals surface area contributed by atoms with Crippen LogP contribution in [0, 0.1) is 0 Å². The highest BCUT2D eigenvalue weighted by molar-refractivity contribution is 6.35. The number of halogens is 3. The Morgan fingerprint density at radius 2 is 1.61 bits per heavy atom. The molecule has 0 radical (unpaired) electrons. The largest absolute Gasteiger partial charge is 0.487 e. The standard InChI is InChI=1S/C13H10Cl3NO/c14-9-2-1-8(11(16)5-9)7-18-13-6-10(15)3-4-12(13)17/h1-6H,7,17H2. The fourth-order valence-corrected chi connectivity index (χ4v) is 2.05. The van der Waals surface area contributed by atoms with Gasteiger partial charge in [-0.05, 0) is 24.3 Å². The Labute approximate surface area is 120 Å². The summed E-state index contributed by atoms with van der Waals surface area (Å²) in [4.78, 5) is 0. The second kappa shape index (κ2) is 5.70. The zero-order valence-electron chi connectivity index (χ0n) is 9.29. The van der Waals surface area contributed by atoms with Crippen LogP contribution in [0.5, 0.6) is 5.75 Å². The molecule has 0 saturated heterocycles. The van der Waals surface area contributed by atoms with Crippen LogP contribution in [0.3, 0.4) is 0 Å². The van der Waals surface area contributed by atoms with Crippen molar-refractivity contribution in [2.24, 2.45) is 0 Å². The Morgan fingerprint density at radius 3 is 2.33 bits per heavy atom. The minimum Gasteiger partial charge on any atom is -0.487 e. The van der Waals surface area contributed by atoms with Gasteiger partial charge in [0.05, 0.1) is 5.69 Å². The smallest absolute Gasteiger partial charge is 0.144 e. The molecule has 18 heavy (non-hydrogen) atoms. The Balaban J connectivity index is 2.13. The maximum atomic E-state index is 6.05. The van der Waals surface area contributed by atoms with Crippen LogP contribution in [0.2, 0.25) is 15.1 Å². The van der Waals surface area contributed by atoms with Crippen molar-refractivity contribution < 1.29 is 4.74 Å². The lowest BCUT2D eigenvalue weighted by Crippen LogP contribution is -1.99. The molecular formula is C13H10Cl3NO. The van der Waals surface area contributed by atoms with Crippen molar-refractivity contribution in [2.45, 2.75) is 6.61 Å². The molecule has 5 heteroatoms. The zero-order valence-corrected chi connectivity index (χ0v) is 11.6. The lowest BCUT2D eigenvalue weighted by atomic mass is 10.2. The van der Waals surface area contributed by atoms with E-state index >= 15 is 0 Å². The molecule has 0 aliphatic carbocycles. The van der Waals surface area contributed by atoms with Gasteiger partial charge in [-0.15, -0.1) is 0 Å². The minimum absolute atomic E-state index is 0.306. The topological polar surface area (TPSA) is 35.2 Å². The van der Waals surface area contributed by atoms with E-state index in [2.05, 4.69) is 0 Å². The molecule has 2 N–H and O–H groups in total. The van der Waals surface area contributed by atoms with E-state index in [1.807, 2.05) is 6.07 Å². The molecule has 2 aromatic carbocycles. The summed E-state index contributed by atoms with van der Waals surface area (Å²) in [7, 11) is 0. The molecule has 0 bridgehead atoms. The zero-order chi connectivity index (χ0) is 13.1. The van der Waals surface area contributed by atoms with Gasteiger partial charge in [0.2, 0.25) is 0 Å². The molecule has 0 aromatic heterocycles. The molecule has 94 valence electrons. The summed E-state index contributed by atoms with van der Waals surface area (Å²) < 4.78 is 5.59. The molecule has 0 spiro atoms. The second-order valence-corrected chi connectivity index (χ2v) is 4.99. The van der Waals surface area contributed by atoms with Crippen LogP contribution in [0.15, 0.2) is 36.4 Å². The highest BCUT2D eigenvalue weighted by atomic mass is 35.5. The van der Waals surface area contributed by atoms with Crippen LogP contribution in [-0.4, -0.2) is 0 Å². The van der Waals surface area contributed by atoms with Crippen molar-refractivity contribution in [1.29, 1.82) is 0 Å². The van der Waals surface area contributed by atoms with E-state index in [-0.39, 0.29) is 0 Å². The van der Waals surface area contributed by atoms with Crippen LogP contribution >= 0.6 is 34.8 Å². The maximum Gasteiger partial charge on any atom is 0.144 e. The number of hydrogen-bond donors (Lipinski definition) is 1. The molecule has 0 fully saturated rings. The van der Waals surface area contributed by atoms with E-state index in [1.165, 1.54) is 0 Å². The number of hydrogen-bond acceptors (Lipinski definition) is 2. The molecule has 0 unspecified atom stereocenters. The van der Waals surface area contributed by atoms with Crippen LogP contribution in [0.1, 0.15) is 5.56 Å². The molecule has 2 aromatic rings. The Hall–Kier alpha value is -1.09. The van der Waals surface area contributed by atoms with Crippen LogP contribution in [0.25, 0.3) is 0 Å². The molecule has 0 aliphatic rings. The SMILES string of the molecule is Nc1ccc(Cl)cc1OCc1ccc(Cl)cc1Cl. The number of benzene rings is 2. The third-order valence-electron chi connectivity index (χ3n) is 2.37. The van der Waals surface area contributed by atoms with Gasteiger partial charge in [0.1, 0.15) is 12.4 Å². The van der Waals surface area contributed by atoms with E-state index in [9.17, 15) is 0 Å². The predicted molar refractivity (Wildman–Crippen MR) is 76.7 cm³/mol. The van der Waals surface area contributed by atoms with E-state index in [0.717, 1.165) is 5.56 Å². The van der Waals surface area contributed by atoms with Crippen molar-refractivity contribution in [3.8, 4) is 5.75 Å². The van der Waals surface area contributed by atoms with E-state index in [1.54, 1.807) is 30.3 Å². The fourth-order valence-electron chi connectivity index (χ4n) is 1.43. The summed E-state index contributed by atoms with van der Waals surface area (Å²) in [6.45, 7) is 0.306. The van der Waals surface area contributed by atoms with Crippen molar-refractivity contribution in [3.63, 3.8) is 0 Å². The van der Waals surface area contributed by atoms with Gasteiger partial charge < -0.3 is 10.5 Å². The first-order chi connectivity index (χ1) is 8.56. The highest BCUT2D eigenvalue weighted by Crippen LogP contribution is 2.28. The molecule has 0 saturated carbocycles. The number of nitrogens with two attached hydrogens (primary N) is 1. The van der Waals surface area contributed by atoms with Gasteiger partial charge in [-0.25, -0.2) is 0 Å². The molecule has 0 amide bonds. The van der Waals surface area contributed by atoms with Gasteiger partial charge in [0.15, 0.2) is 0 Å². The third kappa shape index (κ3) is 3.22. The summed E-state index contributed by atoms with van der Waals surface area (Å²) in [5.74, 6) is 0.536. The van der Waals surface area contributed by atoms with Gasteiger partial charge in [-0.2, -0.15) is 0 Å².